The molecule has 1 N–H and O–H groups in total. The molecule has 0 saturated heterocycles. The van der Waals surface area contributed by atoms with Gasteiger partial charge in [0.05, 0.1) is 0 Å². The summed E-state index contributed by atoms with van der Waals surface area (Å²) in [5.74, 6) is 0.875. The van der Waals surface area contributed by atoms with Gasteiger partial charge >= 0.3 is 0 Å². The maximum atomic E-state index is 4.18. The van der Waals surface area contributed by atoms with Gasteiger partial charge in [0.15, 0.2) is 0 Å². The normalized spacial score (nSPS) is 17.4. The van der Waals surface area contributed by atoms with Crippen LogP contribution in [0.2, 0.25) is 0 Å². The molecule has 0 bridgehead atoms. The fourth-order valence-corrected chi connectivity index (χ4v) is 2.93. The molecule has 5 heteroatoms. The van der Waals surface area contributed by atoms with Crippen molar-refractivity contribution in [3.8, 4) is 0 Å². The average molecular weight is 254 g/mol. The van der Waals surface area contributed by atoms with Crippen LogP contribution in [0.25, 0.3) is 0 Å². The highest BCUT2D eigenvalue weighted by Crippen LogP contribution is 2.34. The van der Waals surface area contributed by atoms with Crippen LogP contribution >= 0.6 is 11.3 Å². The van der Waals surface area contributed by atoms with Crippen molar-refractivity contribution in [2.45, 2.75) is 38.6 Å². The van der Waals surface area contributed by atoms with Gasteiger partial charge in [-0.05, 0) is 39.3 Å². The van der Waals surface area contributed by atoms with E-state index in [1.54, 1.807) is 11.3 Å². The van der Waals surface area contributed by atoms with Gasteiger partial charge in [0.2, 0.25) is 5.13 Å². The third-order valence-corrected chi connectivity index (χ3v) is 4.16. The Balaban J connectivity index is 1.83. The SMILES string of the molecule is CCCc1nnc(NCC(C2CC2)N(C)C)s1. The zero-order valence-electron chi connectivity index (χ0n) is 10.9. The second kappa shape index (κ2) is 5.78. The molecular formula is C12H22N4S. The number of rotatable bonds is 7. The molecule has 1 unspecified atom stereocenters. The molecule has 1 saturated carbocycles. The molecule has 1 aromatic heterocycles. The van der Waals surface area contributed by atoms with Crippen LogP contribution in [0.4, 0.5) is 5.13 Å². The lowest BCUT2D eigenvalue weighted by Crippen LogP contribution is -2.36. The van der Waals surface area contributed by atoms with Crippen molar-refractivity contribution in [3.05, 3.63) is 5.01 Å². The van der Waals surface area contributed by atoms with Crippen LogP contribution < -0.4 is 5.32 Å². The summed E-state index contributed by atoms with van der Waals surface area (Å²) in [6.07, 6.45) is 4.93. The number of nitrogens with one attached hydrogen (secondary N) is 1. The zero-order chi connectivity index (χ0) is 12.3. The number of aromatic nitrogens is 2. The van der Waals surface area contributed by atoms with E-state index in [0.717, 1.165) is 35.4 Å². The Morgan fingerprint density at radius 3 is 2.76 bits per heavy atom. The van der Waals surface area contributed by atoms with E-state index in [4.69, 9.17) is 0 Å². The smallest absolute Gasteiger partial charge is 0.205 e. The zero-order valence-corrected chi connectivity index (χ0v) is 11.8. The standard InChI is InChI=1S/C12H22N4S/c1-4-5-11-14-15-12(17-11)13-8-10(16(2)3)9-6-7-9/h9-10H,4-8H2,1-3H3,(H,13,15). The van der Waals surface area contributed by atoms with E-state index in [0.29, 0.717) is 6.04 Å². The molecule has 1 aromatic rings. The molecule has 2 rings (SSSR count). The first-order valence-corrected chi connectivity index (χ1v) is 7.25. The lowest BCUT2D eigenvalue weighted by molar-refractivity contribution is 0.276. The van der Waals surface area contributed by atoms with Crippen molar-refractivity contribution < 1.29 is 0 Å². The van der Waals surface area contributed by atoms with Crippen molar-refractivity contribution >= 4 is 16.5 Å². The molecule has 0 spiro atoms. The summed E-state index contributed by atoms with van der Waals surface area (Å²) in [5, 5.41) is 13.9. The van der Waals surface area contributed by atoms with Crippen LogP contribution in [-0.4, -0.2) is 41.8 Å². The van der Waals surface area contributed by atoms with Gasteiger partial charge in [0.1, 0.15) is 5.01 Å². The van der Waals surface area contributed by atoms with E-state index in [2.05, 4.69) is 41.4 Å². The van der Waals surface area contributed by atoms with Crippen LogP contribution in [-0.2, 0) is 6.42 Å². The molecule has 4 nitrogen and oxygen atoms in total. The Labute approximate surface area is 107 Å². The maximum absolute atomic E-state index is 4.18. The largest absolute Gasteiger partial charge is 0.358 e. The van der Waals surface area contributed by atoms with Gasteiger partial charge in [0, 0.05) is 19.0 Å². The van der Waals surface area contributed by atoms with E-state index in [1.807, 2.05) is 0 Å². The monoisotopic (exact) mass is 254 g/mol. The van der Waals surface area contributed by atoms with Crippen LogP contribution in [0.15, 0.2) is 0 Å². The fraction of sp³-hybridized carbons (Fsp3) is 0.833. The van der Waals surface area contributed by atoms with E-state index in [1.165, 1.54) is 12.8 Å². The second-order valence-electron chi connectivity index (χ2n) is 5.00. The highest BCUT2D eigenvalue weighted by molar-refractivity contribution is 7.15. The van der Waals surface area contributed by atoms with Gasteiger partial charge in [-0.25, -0.2) is 0 Å². The third kappa shape index (κ3) is 3.64. The summed E-state index contributed by atoms with van der Waals surface area (Å²) in [4.78, 5) is 2.32. The van der Waals surface area contributed by atoms with Gasteiger partial charge in [-0.15, -0.1) is 10.2 Å². The molecule has 1 heterocycles. The first-order chi connectivity index (χ1) is 8.20. The summed E-state index contributed by atoms with van der Waals surface area (Å²) in [6, 6.07) is 0.633. The molecule has 96 valence electrons. The summed E-state index contributed by atoms with van der Waals surface area (Å²) < 4.78 is 0. The highest BCUT2D eigenvalue weighted by atomic mass is 32.1. The molecule has 0 radical (unpaired) electrons. The van der Waals surface area contributed by atoms with Crippen LogP contribution in [0.3, 0.4) is 0 Å². The summed E-state index contributed by atoms with van der Waals surface area (Å²) in [7, 11) is 4.32. The van der Waals surface area contributed by atoms with E-state index in [9.17, 15) is 0 Å². The molecule has 1 aliphatic carbocycles. The van der Waals surface area contributed by atoms with Crippen molar-refractivity contribution in [2.75, 3.05) is 26.0 Å². The van der Waals surface area contributed by atoms with Crippen LogP contribution in [0.5, 0.6) is 0 Å². The lowest BCUT2D eigenvalue weighted by Gasteiger charge is -2.24. The van der Waals surface area contributed by atoms with Gasteiger partial charge in [-0.1, -0.05) is 18.3 Å². The van der Waals surface area contributed by atoms with Crippen LogP contribution in [0, 0.1) is 5.92 Å². The predicted octanol–water partition coefficient (Wildman–Crippen LogP) is 2.24. The van der Waals surface area contributed by atoms with Gasteiger partial charge in [-0.2, -0.15) is 0 Å². The van der Waals surface area contributed by atoms with Crippen molar-refractivity contribution in [1.29, 1.82) is 0 Å². The van der Waals surface area contributed by atoms with E-state index >= 15 is 0 Å². The molecule has 1 atom stereocenters. The van der Waals surface area contributed by atoms with E-state index in [-0.39, 0.29) is 0 Å². The first-order valence-electron chi connectivity index (χ1n) is 6.43. The number of nitrogens with zero attached hydrogens (tertiary/aromatic N) is 3. The average Bonchev–Trinajstić information content (AvgIpc) is 3.01. The number of anilines is 1. The second-order valence-corrected chi connectivity index (χ2v) is 6.06. The molecule has 0 aromatic carbocycles. The molecule has 0 aliphatic heterocycles. The topological polar surface area (TPSA) is 41.1 Å². The lowest BCUT2D eigenvalue weighted by atomic mass is 10.1. The molecule has 1 aliphatic rings. The molecular weight excluding hydrogens is 232 g/mol. The Bertz CT molecular complexity index is 344. The number of likely N-dealkylation sites (N-methyl/N-ethyl adjacent to an activating group) is 1. The number of aryl methyl sites for hydroxylation is 1. The highest BCUT2D eigenvalue weighted by Gasteiger charge is 2.32. The Morgan fingerprint density at radius 2 is 2.18 bits per heavy atom. The molecule has 17 heavy (non-hydrogen) atoms. The Hall–Kier alpha value is -0.680. The minimum absolute atomic E-state index is 0.633. The van der Waals surface area contributed by atoms with Gasteiger partial charge in [-0.3, -0.25) is 0 Å². The quantitative estimate of drug-likeness (QED) is 0.810. The van der Waals surface area contributed by atoms with Crippen molar-refractivity contribution in [1.82, 2.24) is 15.1 Å². The summed E-state index contributed by atoms with van der Waals surface area (Å²) in [5.41, 5.74) is 0. The Morgan fingerprint density at radius 1 is 1.41 bits per heavy atom. The minimum Gasteiger partial charge on any atom is -0.358 e. The Kier molecular flexibility index (Phi) is 4.34. The minimum atomic E-state index is 0.633. The maximum Gasteiger partial charge on any atom is 0.205 e. The van der Waals surface area contributed by atoms with Gasteiger partial charge < -0.3 is 10.2 Å². The fourth-order valence-electron chi connectivity index (χ4n) is 2.08. The van der Waals surface area contributed by atoms with Gasteiger partial charge in [0.25, 0.3) is 0 Å². The number of hydrogen-bond acceptors (Lipinski definition) is 5. The van der Waals surface area contributed by atoms with E-state index < -0.39 is 0 Å². The molecule has 1 fully saturated rings. The van der Waals surface area contributed by atoms with Crippen molar-refractivity contribution in [3.63, 3.8) is 0 Å². The van der Waals surface area contributed by atoms with Crippen LogP contribution in [0.1, 0.15) is 31.2 Å². The summed E-state index contributed by atoms with van der Waals surface area (Å²) >= 11 is 1.69. The molecule has 0 amide bonds. The first kappa shape index (κ1) is 12.8. The predicted molar refractivity (Wildman–Crippen MR) is 72.6 cm³/mol. The third-order valence-electron chi connectivity index (χ3n) is 3.22. The number of hydrogen-bond donors (Lipinski definition) is 1. The summed E-state index contributed by atoms with van der Waals surface area (Å²) in [6.45, 7) is 3.15. The van der Waals surface area contributed by atoms with Crippen molar-refractivity contribution in [2.24, 2.45) is 5.92 Å².